The molecule has 0 radical (unpaired) electrons. The Morgan fingerprint density at radius 3 is 2.59 bits per heavy atom. The molecule has 2 rings (SSSR count). The predicted molar refractivity (Wildman–Crippen MR) is 67.7 cm³/mol. The van der Waals surface area contributed by atoms with Gasteiger partial charge < -0.3 is 5.11 Å². The number of pyridine rings is 1. The average molecular weight is 226 g/mol. The molecule has 0 bridgehead atoms. The van der Waals surface area contributed by atoms with E-state index in [1.807, 2.05) is 30.3 Å². The zero-order valence-electron chi connectivity index (χ0n) is 9.71. The van der Waals surface area contributed by atoms with Crippen LogP contribution in [0.3, 0.4) is 0 Å². The second-order valence-electron chi connectivity index (χ2n) is 3.98. The Bertz CT molecular complexity index is 503. The molecule has 0 aliphatic carbocycles. The van der Waals surface area contributed by atoms with Crippen LogP contribution in [0, 0.1) is 0 Å². The maximum atomic E-state index is 9.24. The first-order valence-electron chi connectivity index (χ1n) is 5.66. The first-order valence-corrected chi connectivity index (χ1v) is 5.66. The van der Waals surface area contributed by atoms with Crippen LogP contribution >= 0.6 is 0 Å². The number of rotatable bonds is 4. The second-order valence-corrected chi connectivity index (χ2v) is 3.98. The molecule has 0 aliphatic rings. The van der Waals surface area contributed by atoms with E-state index in [4.69, 9.17) is 0 Å². The molecule has 1 N–H and O–H groups in total. The van der Waals surface area contributed by atoms with E-state index in [0.29, 0.717) is 5.75 Å². The van der Waals surface area contributed by atoms with Crippen LogP contribution in [0.5, 0.6) is 5.75 Å². The van der Waals surface area contributed by atoms with E-state index in [1.54, 1.807) is 12.1 Å². The van der Waals surface area contributed by atoms with Gasteiger partial charge in [-0.3, -0.25) is 0 Å². The van der Waals surface area contributed by atoms with Crippen molar-refractivity contribution < 1.29 is 9.67 Å². The van der Waals surface area contributed by atoms with E-state index < -0.39 is 0 Å². The highest BCUT2D eigenvalue weighted by Gasteiger charge is 2.08. The van der Waals surface area contributed by atoms with Gasteiger partial charge in [-0.25, -0.2) is 0 Å². The van der Waals surface area contributed by atoms with Crippen molar-refractivity contribution in [1.82, 2.24) is 0 Å². The van der Waals surface area contributed by atoms with Gasteiger partial charge in [0.25, 0.3) is 0 Å². The predicted octanol–water partition coefficient (Wildman–Crippen LogP) is 2.46. The van der Waals surface area contributed by atoms with Gasteiger partial charge in [-0.15, -0.1) is 6.58 Å². The topological polar surface area (TPSA) is 24.1 Å². The van der Waals surface area contributed by atoms with Crippen molar-refractivity contribution in [2.75, 3.05) is 0 Å². The lowest BCUT2D eigenvalue weighted by Crippen LogP contribution is -2.38. The highest BCUT2D eigenvalue weighted by Crippen LogP contribution is 2.09. The third-order valence-corrected chi connectivity index (χ3v) is 2.68. The van der Waals surface area contributed by atoms with Gasteiger partial charge in [-0.05, 0) is 24.3 Å². The normalized spacial score (nSPS) is 10.1. The van der Waals surface area contributed by atoms with E-state index >= 15 is 0 Å². The van der Waals surface area contributed by atoms with Gasteiger partial charge in [0.15, 0.2) is 18.4 Å². The molecule has 0 aliphatic heterocycles. The van der Waals surface area contributed by atoms with Crippen molar-refractivity contribution in [3.63, 3.8) is 0 Å². The standard InChI is InChI=1S/C15H15NO/c1-2-5-14-6-3-4-11-16(14)12-13-7-9-15(17)10-8-13/h2-4,6-11H,1,5,12H2/p+1. The third kappa shape index (κ3) is 2.94. The summed E-state index contributed by atoms with van der Waals surface area (Å²) in [5.41, 5.74) is 2.40. The van der Waals surface area contributed by atoms with Crippen LogP contribution in [0.2, 0.25) is 0 Å². The van der Waals surface area contributed by atoms with Crippen LogP contribution < -0.4 is 4.57 Å². The fraction of sp³-hybridized carbons (Fsp3) is 0.133. The summed E-state index contributed by atoms with van der Waals surface area (Å²) in [6.07, 6.45) is 4.83. The van der Waals surface area contributed by atoms with Gasteiger partial charge >= 0.3 is 0 Å². The summed E-state index contributed by atoms with van der Waals surface area (Å²) in [6.45, 7) is 4.58. The van der Waals surface area contributed by atoms with Crippen LogP contribution in [0.1, 0.15) is 11.3 Å². The Hall–Kier alpha value is -2.09. The van der Waals surface area contributed by atoms with Crippen molar-refractivity contribution in [2.24, 2.45) is 0 Å². The number of allylic oxidation sites excluding steroid dienone is 1. The molecular weight excluding hydrogens is 210 g/mol. The number of hydrogen-bond acceptors (Lipinski definition) is 1. The van der Waals surface area contributed by atoms with Crippen molar-refractivity contribution in [3.05, 3.63) is 72.6 Å². The van der Waals surface area contributed by atoms with Crippen molar-refractivity contribution >= 4 is 0 Å². The molecule has 0 spiro atoms. The summed E-state index contributed by atoms with van der Waals surface area (Å²) in [6, 6.07) is 13.5. The first kappa shape index (κ1) is 11.4. The molecule has 1 aromatic carbocycles. The number of phenolic OH excluding ortho intramolecular Hbond substituents is 1. The van der Waals surface area contributed by atoms with Crippen LogP contribution in [0.4, 0.5) is 0 Å². The van der Waals surface area contributed by atoms with E-state index in [2.05, 4.69) is 23.4 Å². The lowest BCUT2D eigenvalue weighted by atomic mass is 10.2. The summed E-state index contributed by atoms with van der Waals surface area (Å²) >= 11 is 0. The van der Waals surface area contributed by atoms with Gasteiger partial charge in [0.2, 0.25) is 0 Å². The second kappa shape index (κ2) is 5.30. The molecule has 0 saturated carbocycles. The third-order valence-electron chi connectivity index (χ3n) is 2.68. The Kier molecular flexibility index (Phi) is 3.55. The highest BCUT2D eigenvalue weighted by molar-refractivity contribution is 5.25. The summed E-state index contributed by atoms with van der Waals surface area (Å²) in [5, 5.41) is 9.24. The van der Waals surface area contributed by atoms with Crippen molar-refractivity contribution in [1.29, 1.82) is 0 Å². The van der Waals surface area contributed by atoms with E-state index in [1.165, 1.54) is 11.3 Å². The molecule has 0 atom stereocenters. The lowest BCUT2D eigenvalue weighted by molar-refractivity contribution is -0.695. The number of aromatic hydroxyl groups is 1. The minimum absolute atomic E-state index is 0.304. The molecule has 1 heterocycles. The molecule has 0 unspecified atom stereocenters. The van der Waals surface area contributed by atoms with Gasteiger partial charge in [0, 0.05) is 17.7 Å². The SMILES string of the molecule is C=CCc1cccc[n+]1Cc1ccc(O)cc1. The fourth-order valence-electron chi connectivity index (χ4n) is 1.80. The fourth-order valence-corrected chi connectivity index (χ4v) is 1.80. The molecule has 2 aromatic rings. The highest BCUT2D eigenvalue weighted by atomic mass is 16.3. The largest absolute Gasteiger partial charge is 0.508 e. The number of phenols is 1. The van der Waals surface area contributed by atoms with E-state index in [0.717, 1.165) is 13.0 Å². The summed E-state index contributed by atoms with van der Waals surface area (Å²) in [5.74, 6) is 0.304. The van der Waals surface area contributed by atoms with Gasteiger partial charge in [0.05, 0.1) is 6.42 Å². The molecule has 0 saturated heterocycles. The Balaban J connectivity index is 2.23. The zero-order chi connectivity index (χ0) is 12.1. The maximum absolute atomic E-state index is 9.24. The molecule has 1 aromatic heterocycles. The number of aromatic nitrogens is 1. The Morgan fingerprint density at radius 2 is 1.88 bits per heavy atom. The Labute approximate surface area is 101 Å². The summed E-state index contributed by atoms with van der Waals surface area (Å²) in [7, 11) is 0. The lowest BCUT2D eigenvalue weighted by Gasteiger charge is -2.02. The molecule has 0 amide bonds. The molecule has 86 valence electrons. The van der Waals surface area contributed by atoms with Crippen LogP contribution in [-0.2, 0) is 13.0 Å². The van der Waals surface area contributed by atoms with Gasteiger partial charge in [-0.2, -0.15) is 4.57 Å². The molecule has 17 heavy (non-hydrogen) atoms. The summed E-state index contributed by atoms with van der Waals surface area (Å²) in [4.78, 5) is 0. The molecule has 0 fully saturated rings. The minimum atomic E-state index is 0.304. The van der Waals surface area contributed by atoms with E-state index in [9.17, 15) is 5.11 Å². The zero-order valence-corrected chi connectivity index (χ0v) is 9.71. The van der Waals surface area contributed by atoms with Crippen LogP contribution in [-0.4, -0.2) is 5.11 Å². The van der Waals surface area contributed by atoms with Crippen LogP contribution in [0.15, 0.2) is 61.3 Å². The minimum Gasteiger partial charge on any atom is -0.508 e. The Morgan fingerprint density at radius 1 is 1.12 bits per heavy atom. The maximum Gasteiger partial charge on any atom is 0.185 e. The summed E-state index contributed by atoms with van der Waals surface area (Å²) < 4.78 is 2.19. The molecular formula is C15H16NO+. The van der Waals surface area contributed by atoms with Crippen molar-refractivity contribution in [2.45, 2.75) is 13.0 Å². The van der Waals surface area contributed by atoms with Gasteiger partial charge in [-0.1, -0.05) is 12.1 Å². The number of benzene rings is 1. The van der Waals surface area contributed by atoms with Gasteiger partial charge in [0.1, 0.15) is 5.75 Å². The monoisotopic (exact) mass is 226 g/mol. The van der Waals surface area contributed by atoms with E-state index in [-0.39, 0.29) is 0 Å². The number of hydrogen-bond donors (Lipinski definition) is 1. The van der Waals surface area contributed by atoms with Crippen molar-refractivity contribution in [3.8, 4) is 5.75 Å². The quantitative estimate of drug-likeness (QED) is 0.628. The average Bonchev–Trinajstić information content (AvgIpc) is 2.35. The first-order chi connectivity index (χ1) is 8.29. The molecule has 2 nitrogen and oxygen atoms in total. The van der Waals surface area contributed by atoms with Crippen LogP contribution in [0.25, 0.3) is 0 Å². The molecule has 2 heteroatoms. The smallest absolute Gasteiger partial charge is 0.185 e. The number of nitrogens with zero attached hydrogens (tertiary/aromatic N) is 1.